The Labute approximate surface area is 104 Å². The van der Waals surface area contributed by atoms with Crippen LogP contribution in [0.25, 0.3) is 10.9 Å². The van der Waals surface area contributed by atoms with Crippen LogP contribution in [0.4, 0.5) is 0 Å². The molecule has 0 spiro atoms. The quantitative estimate of drug-likeness (QED) is 0.866. The Balaban J connectivity index is 2.66. The average molecular weight is 249 g/mol. The van der Waals surface area contributed by atoms with Crippen molar-refractivity contribution in [1.29, 1.82) is 0 Å². The number of methoxy groups -OCH3 is 1. The monoisotopic (exact) mass is 249 g/mol. The molecule has 2 N–H and O–H groups in total. The van der Waals surface area contributed by atoms with Gasteiger partial charge >= 0.3 is 5.97 Å². The van der Waals surface area contributed by atoms with Gasteiger partial charge in [0.1, 0.15) is 5.75 Å². The number of nitrogens with zero attached hydrogens (tertiary/aromatic N) is 1. The fourth-order valence-corrected chi connectivity index (χ4v) is 2.04. The number of rotatable bonds is 4. The Kier molecular flexibility index (Phi) is 3.25. The molecule has 0 bridgehead atoms. The number of aliphatic hydroxyl groups excluding tert-OH is 1. The van der Waals surface area contributed by atoms with Gasteiger partial charge in [-0.1, -0.05) is 0 Å². The molecule has 2 aromatic rings. The van der Waals surface area contributed by atoms with Crippen LogP contribution < -0.4 is 4.74 Å². The number of hydrogen-bond donors (Lipinski definition) is 2. The van der Waals surface area contributed by atoms with E-state index in [-0.39, 0.29) is 0 Å². The third-order valence-electron chi connectivity index (χ3n) is 2.99. The minimum Gasteiger partial charge on any atom is -0.497 e. The summed E-state index contributed by atoms with van der Waals surface area (Å²) in [6, 6.07) is 5.35. The van der Waals surface area contributed by atoms with Gasteiger partial charge in [0.15, 0.2) is 6.10 Å². The average Bonchev–Trinajstić information content (AvgIpc) is 2.75. The molecule has 0 aliphatic heterocycles. The Bertz CT molecular complexity index is 588. The first-order chi connectivity index (χ1) is 8.58. The molecule has 0 aliphatic rings. The number of aliphatic hydroxyl groups is 1. The number of aryl methyl sites for hydroxylation is 1. The largest absolute Gasteiger partial charge is 0.497 e. The summed E-state index contributed by atoms with van der Waals surface area (Å²) in [4.78, 5) is 10.9. The summed E-state index contributed by atoms with van der Waals surface area (Å²) in [6.45, 7) is 2.64. The molecule has 2 rings (SSSR count). The second-order valence-corrected chi connectivity index (χ2v) is 3.99. The van der Waals surface area contributed by atoms with Gasteiger partial charge in [0.2, 0.25) is 0 Å². The molecular weight excluding hydrogens is 234 g/mol. The number of benzene rings is 1. The molecule has 5 heteroatoms. The van der Waals surface area contributed by atoms with E-state index in [1.807, 2.05) is 17.6 Å². The first kappa shape index (κ1) is 12.4. The molecule has 0 fully saturated rings. The van der Waals surface area contributed by atoms with Crippen molar-refractivity contribution in [2.24, 2.45) is 0 Å². The molecule has 0 saturated carbocycles. The zero-order valence-electron chi connectivity index (χ0n) is 10.3. The maximum absolute atomic E-state index is 10.9. The van der Waals surface area contributed by atoms with Crippen molar-refractivity contribution in [2.45, 2.75) is 19.6 Å². The minimum absolute atomic E-state index is 0.405. The van der Waals surface area contributed by atoms with Gasteiger partial charge < -0.3 is 19.5 Å². The predicted octanol–water partition coefficient (Wildman–Crippen LogP) is 1.79. The highest BCUT2D eigenvalue weighted by Gasteiger charge is 2.21. The van der Waals surface area contributed by atoms with Gasteiger partial charge in [-0.3, -0.25) is 0 Å². The van der Waals surface area contributed by atoms with Gasteiger partial charge in [0, 0.05) is 29.8 Å². The third kappa shape index (κ3) is 1.93. The van der Waals surface area contributed by atoms with Crippen molar-refractivity contribution in [3.8, 4) is 5.75 Å². The molecule has 0 amide bonds. The summed E-state index contributed by atoms with van der Waals surface area (Å²) in [6.07, 6.45) is 0.164. The van der Waals surface area contributed by atoms with Crippen LogP contribution in [0.5, 0.6) is 5.75 Å². The lowest BCUT2D eigenvalue weighted by molar-refractivity contribution is -0.146. The van der Waals surface area contributed by atoms with E-state index in [1.165, 1.54) is 0 Å². The SMILES string of the molecule is CCn1cc(C(O)C(=O)O)c2ccc(OC)cc21. The summed E-state index contributed by atoms with van der Waals surface area (Å²) >= 11 is 0. The second kappa shape index (κ2) is 4.70. The molecule has 96 valence electrons. The van der Waals surface area contributed by atoms with Crippen LogP contribution in [-0.4, -0.2) is 27.9 Å². The molecule has 1 aromatic carbocycles. The number of hydrogen-bond acceptors (Lipinski definition) is 3. The minimum atomic E-state index is -1.51. The summed E-state index contributed by atoms with van der Waals surface area (Å²) in [5.74, 6) is -0.548. The Morgan fingerprint density at radius 2 is 2.22 bits per heavy atom. The van der Waals surface area contributed by atoms with Gasteiger partial charge in [-0.2, -0.15) is 0 Å². The summed E-state index contributed by atoms with van der Waals surface area (Å²) in [7, 11) is 1.58. The van der Waals surface area contributed by atoms with E-state index >= 15 is 0 Å². The summed E-state index contributed by atoms with van der Waals surface area (Å²) in [5.41, 5.74) is 1.26. The van der Waals surface area contributed by atoms with Crippen molar-refractivity contribution in [2.75, 3.05) is 7.11 Å². The molecule has 1 atom stereocenters. The predicted molar refractivity (Wildman–Crippen MR) is 66.8 cm³/mol. The second-order valence-electron chi connectivity index (χ2n) is 3.99. The first-order valence-corrected chi connectivity index (χ1v) is 5.66. The van der Waals surface area contributed by atoms with Crippen LogP contribution in [-0.2, 0) is 11.3 Å². The van der Waals surface area contributed by atoms with E-state index in [0.29, 0.717) is 17.9 Å². The highest BCUT2D eigenvalue weighted by molar-refractivity contribution is 5.89. The van der Waals surface area contributed by atoms with Gasteiger partial charge in [-0.15, -0.1) is 0 Å². The van der Waals surface area contributed by atoms with Gasteiger partial charge in [-0.05, 0) is 19.1 Å². The number of carboxylic acid groups (broad SMARTS) is 1. The van der Waals surface area contributed by atoms with Gasteiger partial charge in [-0.25, -0.2) is 4.79 Å². The number of aromatic nitrogens is 1. The highest BCUT2D eigenvalue weighted by Crippen LogP contribution is 2.29. The maximum atomic E-state index is 10.9. The lowest BCUT2D eigenvalue weighted by atomic mass is 10.1. The Morgan fingerprint density at radius 3 is 2.78 bits per heavy atom. The fourth-order valence-electron chi connectivity index (χ4n) is 2.04. The molecular formula is C13H15NO4. The molecule has 1 unspecified atom stereocenters. The van der Waals surface area contributed by atoms with E-state index in [4.69, 9.17) is 9.84 Å². The number of carboxylic acids is 1. The van der Waals surface area contributed by atoms with Crippen molar-refractivity contribution < 1.29 is 19.7 Å². The molecule has 18 heavy (non-hydrogen) atoms. The van der Waals surface area contributed by atoms with E-state index in [9.17, 15) is 9.90 Å². The van der Waals surface area contributed by atoms with E-state index in [0.717, 1.165) is 10.9 Å². The van der Waals surface area contributed by atoms with Crippen molar-refractivity contribution in [3.63, 3.8) is 0 Å². The van der Waals surface area contributed by atoms with Crippen LogP contribution in [0.3, 0.4) is 0 Å². The van der Waals surface area contributed by atoms with E-state index < -0.39 is 12.1 Å². The zero-order valence-corrected chi connectivity index (χ0v) is 10.3. The third-order valence-corrected chi connectivity index (χ3v) is 2.99. The molecule has 5 nitrogen and oxygen atoms in total. The molecule has 0 radical (unpaired) electrons. The van der Waals surface area contributed by atoms with Crippen LogP contribution in [0.1, 0.15) is 18.6 Å². The summed E-state index contributed by atoms with van der Waals surface area (Å²) < 4.78 is 7.04. The van der Waals surface area contributed by atoms with Crippen LogP contribution in [0.2, 0.25) is 0 Å². The maximum Gasteiger partial charge on any atom is 0.337 e. The number of carbonyl (C=O) groups is 1. The molecule has 0 saturated heterocycles. The van der Waals surface area contributed by atoms with Gasteiger partial charge in [0.05, 0.1) is 12.6 Å². The molecule has 1 heterocycles. The smallest absolute Gasteiger partial charge is 0.337 e. The van der Waals surface area contributed by atoms with Crippen molar-refractivity contribution in [1.82, 2.24) is 4.57 Å². The number of ether oxygens (including phenoxy) is 1. The number of fused-ring (bicyclic) bond motifs is 1. The number of aliphatic carboxylic acids is 1. The van der Waals surface area contributed by atoms with Crippen LogP contribution in [0, 0.1) is 0 Å². The van der Waals surface area contributed by atoms with Crippen LogP contribution >= 0.6 is 0 Å². The normalized spacial score (nSPS) is 12.6. The van der Waals surface area contributed by atoms with E-state index in [1.54, 1.807) is 25.4 Å². The first-order valence-electron chi connectivity index (χ1n) is 5.66. The molecule has 1 aromatic heterocycles. The van der Waals surface area contributed by atoms with Crippen molar-refractivity contribution >= 4 is 16.9 Å². The fraction of sp³-hybridized carbons (Fsp3) is 0.308. The highest BCUT2D eigenvalue weighted by atomic mass is 16.5. The Morgan fingerprint density at radius 1 is 1.50 bits per heavy atom. The summed E-state index contributed by atoms with van der Waals surface area (Å²) in [5, 5.41) is 19.3. The van der Waals surface area contributed by atoms with Gasteiger partial charge in [0.25, 0.3) is 0 Å². The van der Waals surface area contributed by atoms with E-state index in [2.05, 4.69) is 0 Å². The standard InChI is InChI=1S/C13H15NO4/c1-3-14-7-10(12(15)13(16)17)9-5-4-8(18-2)6-11(9)14/h4-7,12,15H,3H2,1-2H3,(H,16,17). The lowest BCUT2D eigenvalue weighted by Crippen LogP contribution is -2.09. The topological polar surface area (TPSA) is 71.7 Å². The zero-order chi connectivity index (χ0) is 13.3. The Hall–Kier alpha value is -2.01. The van der Waals surface area contributed by atoms with Crippen LogP contribution in [0.15, 0.2) is 24.4 Å². The van der Waals surface area contributed by atoms with Crippen molar-refractivity contribution in [3.05, 3.63) is 30.0 Å². The lowest BCUT2D eigenvalue weighted by Gasteiger charge is -2.04. The molecule has 0 aliphatic carbocycles.